The van der Waals surface area contributed by atoms with Crippen molar-refractivity contribution in [1.29, 1.82) is 0 Å². The zero-order chi connectivity index (χ0) is 14.3. The van der Waals surface area contributed by atoms with Crippen molar-refractivity contribution in [3.8, 4) is 0 Å². The van der Waals surface area contributed by atoms with Gasteiger partial charge in [-0.1, -0.05) is 38.1 Å². The van der Waals surface area contributed by atoms with Gasteiger partial charge in [0.1, 0.15) is 0 Å². The van der Waals surface area contributed by atoms with Gasteiger partial charge >= 0.3 is 0 Å². The van der Waals surface area contributed by atoms with Crippen LogP contribution in [0.25, 0.3) is 0 Å². The number of benzene rings is 1. The Balaban J connectivity index is 0.00000361. The third-order valence-corrected chi connectivity index (χ3v) is 3.04. The van der Waals surface area contributed by atoms with Crippen molar-refractivity contribution in [3.63, 3.8) is 0 Å². The molecule has 1 aromatic rings. The third-order valence-electron chi connectivity index (χ3n) is 3.04. The van der Waals surface area contributed by atoms with Crippen LogP contribution in [0.1, 0.15) is 44.9 Å². The van der Waals surface area contributed by atoms with Crippen molar-refractivity contribution >= 4 is 29.9 Å². The molecule has 20 heavy (non-hydrogen) atoms. The van der Waals surface area contributed by atoms with Crippen LogP contribution in [0.5, 0.6) is 0 Å². The Labute approximate surface area is 140 Å². The maximum absolute atomic E-state index is 4.19. The van der Waals surface area contributed by atoms with Crippen LogP contribution in [0, 0.1) is 5.92 Å². The molecule has 0 spiro atoms. The van der Waals surface area contributed by atoms with E-state index in [0.717, 1.165) is 18.9 Å². The minimum absolute atomic E-state index is 0. The van der Waals surface area contributed by atoms with E-state index in [0.29, 0.717) is 5.92 Å². The summed E-state index contributed by atoms with van der Waals surface area (Å²) in [6.07, 6.45) is 1.14. The topological polar surface area (TPSA) is 36.4 Å². The first kappa shape index (κ1) is 19.2. The number of aliphatic imine (C=N–C) groups is 1. The van der Waals surface area contributed by atoms with E-state index in [1.807, 2.05) is 0 Å². The molecule has 0 bridgehead atoms. The molecule has 0 heterocycles. The third kappa shape index (κ3) is 6.59. The summed E-state index contributed by atoms with van der Waals surface area (Å²) in [7, 11) is 1.80. The maximum atomic E-state index is 4.19. The summed E-state index contributed by atoms with van der Waals surface area (Å²) in [5.41, 5.74) is 2.69. The van der Waals surface area contributed by atoms with Crippen molar-refractivity contribution in [2.75, 3.05) is 13.6 Å². The Morgan fingerprint density at radius 2 is 1.75 bits per heavy atom. The van der Waals surface area contributed by atoms with Crippen molar-refractivity contribution < 1.29 is 0 Å². The highest BCUT2D eigenvalue weighted by molar-refractivity contribution is 14.0. The SMILES string of the molecule is CCNC(=NC)NC(C)c1ccc(CC(C)C)cc1.I. The zero-order valence-electron chi connectivity index (χ0n) is 13.2. The van der Waals surface area contributed by atoms with Gasteiger partial charge in [0, 0.05) is 13.6 Å². The maximum Gasteiger partial charge on any atom is 0.191 e. The largest absolute Gasteiger partial charge is 0.357 e. The van der Waals surface area contributed by atoms with Gasteiger partial charge in [0.05, 0.1) is 6.04 Å². The molecule has 0 aromatic heterocycles. The lowest BCUT2D eigenvalue weighted by Crippen LogP contribution is -2.38. The molecule has 0 fully saturated rings. The van der Waals surface area contributed by atoms with Gasteiger partial charge in [-0.05, 0) is 37.3 Å². The summed E-state index contributed by atoms with van der Waals surface area (Å²) in [5.74, 6) is 1.55. The summed E-state index contributed by atoms with van der Waals surface area (Å²) >= 11 is 0. The van der Waals surface area contributed by atoms with E-state index in [2.05, 4.69) is 67.6 Å². The second-order valence-corrected chi connectivity index (χ2v) is 5.31. The molecule has 3 nitrogen and oxygen atoms in total. The Hall–Kier alpha value is -0.780. The van der Waals surface area contributed by atoms with Crippen LogP contribution in [-0.4, -0.2) is 19.6 Å². The lowest BCUT2D eigenvalue weighted by atomic mass is 10.00. The molecule has 1 aromatic carbocycles. The fourth-order valence-corrected chi connectivity index (χ4v) is 2.06. The standard InChI is InChI=1S/C16H27N3.HI/c1-6-18-16(17-5)19-13(4)15-9-7-14(8-10-15)11-12(2)3;/h7-10,12-13H,6,11H2,1-5H3,(H2,17,18,19);1H. The van der Waals surface area contributed by atoms with Crippen LogP contribution in [0.2, 0.25) is 0 Å². The summed E-state index contributed by atoms with van der Waals surface area (Å²) in [5, 5.41) is 6.59. The van der Waals surface area contributed by atoms with Crippen LogP contribution in [0.3, 0.4) is 0 Å². The molecule has 0 aliphatic carbocycles. The van der Waals surface area contributed by atoms with Crippen LogP contribution in [0.4, 0.5) is 0 Å². The minimum Gasteiger partial charge on any atom is -0.357 e. The second-order valence-electron chi connectivity index (χ2n) is 5.31. The fourth-order valence-electron chi connectivity index (χ4n) is 2.06. The summed E-state index contributed by atoms with van der Waals surface area (Å²) < 4.78 is 0. The molecule has 1 rings (SSSR count). The Bertz CT molecular complexity index is 399. The molecular weight excluding hydrogens is 361 g/mol. The average Bonchev–Trinajstić information content (AvgIpc) is 2.38. The Morgan fingerprint density at radius 3 is 2.20 bits per heavy atom. The van der Waals surface area contributed by atoms with Crippen LogP contribution in [0.15, 0.2) is 29.3 Å². The average molecular weight is 389 g/mol. The number of nitrogens with one attached hydrogen (secondary N) is 2. The van der Waals surface area contributed by atoms with Gasteiger partial charge in [0.25, 0.3) is 0 Å². The van der Waals surface area contributed by atoms with E-state index in [4.69, 9.17) is 0 Å². The van der Waals surface area contributed by atoms with Gasteiger partial charge in [0.15, 0.2) is 5.96 Å². The highest BCUT2D eigenvalue weighted by Gasteiger charge is 2.07. The van der Waals surface area contributed by atoms with Crippen LogP contribution in [-0.2, 0) is 6.42 Å². The molecule has 2 N–H and O–H groups in total. The van der Waals surface area contributed by atoms with E-state index in [1.54, 1.807) is 7.05 Å². The summed E-state index contributed by atoms with van der Waals surface area (Å²) in [4.78, 5) is 4.19. The van der Waals surface area contributed by atoms with Crippen LogP contribution >= 0.6 is 24.0 Å². The van der Waals surface area contributed by atoms with Crippen molar-refractivity contribution in [3.05, 3.63) is 35.4 Å². The van der Waals surface area contributed by atoms with Gasteiger partial charge < -0.3 is 10.6 Å². The summed E-state index contributed by atoms with van der Waals surface area (Å²) in [6.45, 7) is 9.59. The molecule has 1 atom stereocenters. The molecule has 0 aliphatic rings. The lowest BCUT2D eigenvalue weighted by molar-refractivity contribution is 0.645. The Morgan fingerprint density at radius 1 is 1.15 bits per heavy atom. The molecule has 0 saturated carbocycles. The first-order chi connectivity index (χ1) is 9.06. The molecule has 114 valence electrons. The molecule has 0 amide bonds. The second kappa shape index (κ2) is 10.0. The number of hydrogen-bond donors (Lipinski definition) is 2. The highest BCUT2D eigenvalue weighted by Crippen LogP contribution is 2.15. The van der Waals surface area contributed by atoms with Gasteiger partial charge in [-0.3, -0.25) is 4.99 Å². The van der Waals surface area contributed by atoms with E-state index in [1.165, 1.54) is 11.1 Å². The van der Waals surface area contributed by atoms with Gasteiger partial charge in [-0.15, -0.1) is 24.0 Å². The van der Waals surface area contributed by atoms with Crippen molar-refractivity contribution in [1.82, 2.24) is 10.6 Å². The molecule has 1 unspecified atom stereocenters. The van der Waals surface area contributed by atoms with Gasteiger partial charge in [-0.2, -0.15) is 0 Å². The smallest absolute Gasteiger partial charge is 0.191 e. The van der Waals surface area contributed by atoms with E-state index < -0.39 is 0 Å². The van der Waals surface area contributed by atoms with Crippen molar-refractivity contribution in [2.24, 2.45) is 10.9 Å². The number of rotatable bonds is 5. The number of nitrogens with zero attached hydrogens (tertiary/aromatic N) is 1. The minimum atomic E-state index is 0. The number of halogens is 1. The molecule has 0 radical (unpaired) electrons. The molecule has 0 aliphatic heterocycles. The van der Waals surface area contributed by atoms with Gasteiger partial charge in [0.2, 0.25) is 0 Å². The molecule has 4 heteroatoms. The van der Waals surface area contributed by atoms with E-state index in [9.17, 15) is 0 Å². The first-order valence-corrected chi connectivity index (χ1v) is 7.12. The number of guanidine groups is 1. The predicted octanol–water partition coefficient (Wildman–Crippen LogP) is 3.75. The quantitative estimate of drug-likeness (QED) is 0.457. The monoisotopic (exact) mass is 389 g/mol. The summed E-state index contributed by atoms with van der Waals surface area (Å²) in [6, 6.07) is 9.11. The first-order valence-electron chi connectivity index (χ1n) is 7.12. The van der Waals surface area contributed by atoms with E-state index in [-0.39, 0.29) is 30.0 Å². The molecule has 0 saturated heterocycles. The lowest BCUT2D eigenvalue weighted by Gasteiger charge is -2.18. The molecular formula is C16H28IN3. The highest BCUT2D eigenvalue weighted by atomic mass is 127. The van der Waals surface area contributed by atoms with Crippen molar-refractivity contribution in [2.45, 2.75) is 40.2 Å². The normalized spacial score (nSPS) is 12.8. The van der Waals surface area contributed by atoms with Gasteiger partial charge in [-0.25, -0.2) is 0 Å². The fraction of sp³-hybridized carbons (Fsp3) is 0.562. The predicted molar refractivity (Wildman–Crippen MR) is 99.0 cm³/mol. The zero-order valence-corrected chi connectivity index (χ0v) is 15.6. The van der Waals surface area contributed by atoms with Crippen LogP contribution < -0.4 is 10.6 Å². The Kier molecular flexibility index (Phi) is 9.63. The van der Waals surface area contributed by atoms with E-state index >= 15 is 0 Å². The number of hydrogen-bond acceptors (Lipinski definition) is 1.